The molecule has 9 heteroatoms. The predicted molar refractivity (Wildman–Crippen MR) is 98.8 cm³/mol. The summed E-state index contributed by atoms with van der Waals surface area (Å²) in [5, 5.41) is 15.4. The van der Waals surface area contributed by atoms with Gasteiger partial charge in [-0.2, -0.15) is 4.80 Å². The summed E-state index contributed by atoms with van der Waals surface area (Å²) < 4.78 is 5.02. The number of hydrogen-bond donors (Lipinski definition) is 1. The number of esters is 1. The lowest BCUT2D eigenvalue weighted by molar-refractivity contribution is -0.149. The molecule has 0 spiro atoms. The summed E-state index contributed by atoms with van der Waals surface area (Å²) in [6.07, 6.45) is 4.39. The van der Waals surface area contributed by atoms with E-state index in [2.05, 4.69) is 27.7 Å². The number of carbonyl (C=O) groups is 2. The van der Waals surface area contributed by atoms with Crippen LogP contribution in [0.3, 0.4) is 0 Å². The summed E-state index contributed by atoms with van der Waals surface area (Å²) in [7, 11) is 0. The van der Waals surface area contributed by atoms with Crippen LogP contribution in [0.4, 0.5) is 0 Å². The first-order valence-corrected chi connectivity index (χ1v) is 9.38. The van der Waals surface area contributed by atoms with Gasteiger partial charge in [0, 0.05) is 16.6 Å². The Morgan fingerprint density at radius 2 is 2.00 bits per heavy atom. The predicted octanol–water partition coefficient (Wildman–Crippen LogP) is 2.23. The smallest absolute Gasteiger partial charge is 0.330 e. The van der Waals surface area contributed by atoms with E-state index < -0.39 is 5.97 Å². The van der Waals surface area contributed by atoms with Crippen LogP contribution in [0.2, 0.25) is 5.02 Å². The molecule has 1 N–H and O–H groups in total. The third kappa shape index (κ3) is 5.50. The van der Waals surface area contributed by atoms with Crippen molar-refractivity contribution in [1.29, 1.82) is 0 Å². The van der Waals surface area contributed by atoms with Gasteiger partial charge < -0.3 is 10.1 Å². The Bertz CT molecular complexity index is 793. The molecular weight excluding hydrogens is 370 g/mol. The van der Waals surface area contributed by atoms with Crippen molar-refractivity contribution in [1.82, 2.24) is 25.5 Å². The van der Waals surface area contributed by atoms with E-state index in [-0.39, 0.29) is 25.1 Å². The second kappa shape index (κ2) is 8.94. The molecule has 2 atom stereocenters. The van der Waals surface area contributed by atoms with Gasteiger partial charge in [0.05, 0.1) is 0 Å². The first kappa shape index (κ1) is 19.3. The minimum absolute atomic E-state index is 0.156. The van der Waals surface area contributed by atoms with Crippen molar-refractivity contribution in [3.63, 3.8) is 0 Å². The van der Waals surface area contributed by atoms with Gasteiger partial charge in [0.2, 0.25) is 5.82 Å². The second-order valence-electron chi connectivity index (χ2n) is 6.75. The van der Waals surface area contributed by atoms with E-state index in [1.807, 2.05) is 0 Å². The third-order valence-corrected chi connectivity index (χ3v) is 4.90. The number of ether oxygens (including phenoxy) is 1. The van der Waals surface area contributed by atoms with Gasteiger partial charge in [-0.25, -0.2) is 4.79 Å². The maximum Gasteiger partial charge on any atom is 0.330 e. The van der Waals surface area contributed by atoms with Crippen LogP contribution in [-0.2, 0) is 20.9 Å². The van der Waals surface area contributed by atoms with Crippen molar-refractivity contribution in [2.24, 2.45) is 5.92 Å². The SMILES string of the molecule is C[C@@H]1CCCC[C@@H]1NC(=O)COC(=O)Cn1nnc(-c2ccc(Cl)cc2)n1. The number of nitrogens with one attached hydrogen (secondary N) is 1. The van der Waals surface area contributed by atoms with Crippen molar-refractivity contribution >= 4 is 23.5 Å². The highest BCUT2D eigenvalue weighted by atomic mass is 35.5. The Kier molecular flexibility index (Phi) is 6.39. The van der Waals surface area contributed by atoms with Crippen molar-refractivity contribution in [2.45, 2.75) is 45.2 Å². The van der Waals surface area contributed by atoms with Crippen LogP contribution < -0.4 is 5.32 Å². The minimum Gasteiger partial charge on any atom is -0.454 e. The summed E-state index contributed by atoms with van der Waals surface area (Å²) in [5.41, 5.74) is 0.736. The summed E-state index contributed by atoms with van der Waals surface area (Å²) in [6, 6.07) is 7.12. The van der Waals surface area contributed by atoms with E-state index in [0.29, 0.717) is 16.8 Å². The molecule has 1 aliphatic carbocycles. The lowest BCUT2D eigenvalue weighted by Gasteiger charge is -2.29. The molecule has 0 saturated heterocycles. The molecule has 144 valence electrons. The Morgan fingerprint density at radius 3 is 2.74 bits per heavy atom. The number of tetrazole rings is 1. The summed E-state index contributed by atoms with van der Waals surface area (Å²) in [6.45, 7) is 1.61. The monoisotopic (exact) mass is 391 g/mol. The van der Waals surface area contributed by atoms with E-state index in [1.165, 1.54) is 6.42 Å². The highest BCUT2D eigenvalue weighted by Crippen LogP contribution is 2.23. The van der Waals surface area contributed by atoms with E-state index in [0.717, 1.165) is 29.6 Å². The van der Waals surface area contributed by atoms with E-state index in [4.69, 9.17) is 16.3 Å². The molecule has 3 rings (SSSR count). The fourth-order valence-corrected chi connectivity index (χ4v) is 3.24. The maximum atomic E-state index is 12.0. The summed E-state index contributed by atoms with van der Waals surface area (Å²) >= 11 is 5.85. The molecule has 8 nitrogen and oxygen atoms in total. The first-order chi connectivity index (χ1) is 13.0. The Balaban J connectivity index is 1.45. The maximum absolute atomic E-state index is 12.0. The van der Waals surface area contributed by atoms with Crippen molar-refractivity contribution in [3.05, 3.63) is 29.3 Å². The molecule has 1 aromatic heterocycles. The summed E-state index contributed by atoms with van der Waals surface area (Å²) in [5.74, 6) is -0.0510. The average molecular weight is 392 g/mol. The quantitative estimate of drug-likeness (QED) is 0.758. The lowest BCUT2D eigenvalue weighted by Crippen LogP contribution is -2.43. The first-order valence-electron chi connectivity index (χ1n) is 9.00. The van der Waals surface area contributed by atoms with Crippen molar-refractivity contribution < 1.29 is 14.3 Å². The highest BCUT2D eigenvalue weighted by molar-refractivity contribution is 6.30. The van der Waals surface area contributed by atoms with Crippen LogP contribution in [-0.4, -0.2) is 44.7 Å². The Hall–Kier alpha value is -2.48. The van der Waals surface area contributed by atoms with Gasteiger partial charge in [-0.3, -0.25) is 4.79 Å². The molecule has 2 aromatic rings. The fourth-order valence-electron chi connectivity index (χ4n) is 3.11. The van der Waals surface area contributed by atoms with Gasteiger partial charge >= 0.3 is 5.97 Å². The van der Waals surface area contributed by atoms with Gasteiger partial charge in [0.1, 0.15) is 0 Å². The number of benzene rings is 1. The van der Waals surface area contributed by atoms with Crippen LogP contribution in [0.25, 0.3) is 11.4 Å². The number of hydrogen-bond acceptors (Lipinski definition) is 6. The molecule has 0 unspecified atom stereocenters. The zero-order valence-electron chi connectivity index (χ0n) is 15.1. The average Bonchev–Trinajstić information content (AvgIpc) is 3.11. The highest BCUT2D eigenvalue weighted by Gasteiger charge is 2.23. The number of rotatable bonds is 6. The molecule has 27 heavy (non-hydrogen) atoms. The Labute approximate surface area is 162 Å². The molecule has 0 radical (unpaired) electrons. The van der Waals surface area contributed by atoms with E-state index in [1.54, 1.807) is 24.3 Å². The van der Waals surface area contributed by atoms with Crippen LogP contribution >= 0.6 is 11.6 Å². The standard InChI is InChI=1S/C18H22ClN5O3/c1-12-4-2-3-5-15(12)20-16(25)11-27-17(26)10-24-22-18(21-23-24)13-6-8-14(19)9-7-13/h6-9,12,15H,2-5,10-11H2,1H3,(H,20,25)/t12-,15+/m1/s1. The van der Waals surface area contributed by atoms with Crippen LogP contribution in [0.1, 0.15) is 32.6 Å². The number of aromatic nitrogens is 4. The van der Waals surface area contributed by atoms with Crippen molar-refractivity contribution in [2.75, 3.05) is 6.61 Å². The van der Waals surface area contributed by atoms with Crippen LogP contribution in [0, 0.1) is 5.92 Å². The number of carbonyl (C=O) groups excluding carboxylic acids is 2. The van der Waals surface area contributed by atoms with Gasteiger partial charge in [-0.15, -0.1) is 10.2 Å². The fraction of sp³-hybridized carbons (Fsp3) is 0.500. The molecule has 0 aliphatic heterocycles. The normalized spacial score (nSPS) is 19.5. The molecule has 1 heterocycles. The zero-order chi connectivity index (χ0) is 19.2. The van der Waals surface area contributed by atoms with Gasteiger partial charge in [0.15, 0.2) is 13.2 Å². The molecule has 1 aromatic carbocycles. The zero-order valence-corrected chi connectivity index (χ0v) is 15.9. The van der Waals surface area contributed by atoms with E-state index >= 15 is 0 Å². The number of halogens is 1. The van der Waals surface area contributed by atoms with Crippen LogP contribution in [0.5, 0.6) is 0 Å². The third-order valence-electron chi connectivity index (χ3n) is 4.65. The van der Waals surface area contributed by atoms with Gasteiger partial charge in [-0.1, -0.05) is 31.4 Å². The number of amides is 1. The number of nitrogens with zero attached hydrogens (tertiary/aromatic N) is 4. The molecule has 0 bridgehead atoms. The summed E-state index contributed by atoms with van der Waals surface area (Å²) in [4.78, 5) is 25.0. The Morgan fingerprint density at radius 1 is 1.26 bits per heavy atom. The second-order valence-corrected chi connectivity index (χ2v) is 7.18. The minimum atomic E-state index is -0.595. The molecule has 1 aliphatic rings. The molecule has 1 saturated carbocycles. The largest absolute Gasteiger partial charge is 0.454 e. The van der Waals surface area contributed by atoms with E-state index in [9.17, 15) is 9.59 Å². The molecule has 1 fully saturated rings. The van der Waals surface area contributed by atoms with Crippen molar-refractivity contribution in [3.8, 4) is 11.4 Å². The van der Waals surface area contributed by atoms with Crippen LogP contribution in [0.15, 0.2) is 24.3 Å². The van der Waals surface area contributed by atoms with Gasteiger partial charge in [-0.05, 0) is 48.2 Å². The molecular formula is C18H22ClN5O3. The lowest BCUT2D eigenvalue weighted by atomic mass is 9.86. The molecule has 1 amide bonds. The topological polar surface area (TPSA) is 99.0 Å². The van der Waals surface area contributed by atoms with Gasteiger partial charge in [0.25, 0.3) is 5.91 Å².